The van der Waals surface area contributed by atoms with Gasteiger partial charge in [0.1, 0.15) is 5.69 Å². The van der Waals surface area contributed by atoms with Gasteiger partial charge in [0.05, 0.1) is 18.3 Å². The van der Waals surface area contributed by atoms with E-state index in [9.17, 15) is 22.7 Å². The van der Waals surface area contributed by atoms with E-state index in [1.807, 2.05) is 0 Å². The quantitative estimate of drug-likeness (QED) is 0.648. The topological polar surface area (TPSA) is 41.5 Å². The van der Waals surface area contributed by atoms with E-state index in [0.717, 1.165) is 0 Å². The lowest BCUT2D eigenvalue weighted by Gasteiger charge is -2.22. The molecule has 0 bridgehead atoms. The number of aliphatic hydroxyl groups excluding tert-OH is 1. The summed E-state index contributed by atoms with van der Waals surface area (Å²) in [5.41, 5.74) is -1.43. The van der Waals surface area contributed by atoms with E-state index in [4.69, 9.17) is 4.74 Å². The van der Waals surface area contributed by atoms with E-state index in [1.54, 1.807) is 20.8 Å². The third kappa shape index (κ3) is 4.64. The summed E-state index contributed by atoms with van der Waals surface area (Å²) in [7, 11) is 0. The van der Waals surface area contributed by atoms with Gasteiger partial charge < -0.3 is 15.2 Å². The van der Waals surface area contributed by atoms with E-state index in [1.165, 1.54) is 0 Å². The van der Waals surface area contributed by atoms with Crippen LogP contribution in [-0.2, 0) is 4.74 Å². The van der Waals surface area contributed by atoms with Crippen molar-refractivity contribution in [2.75, 3.05) is 18.5 Å². The smallest absolute Gasteiger partial charge is 0.185 e. The molecule has 0 spiro atoms. The molecular weight excluding hydrogens is 278 g/mol. The Hall–Kier alpha value is -1.34. The molecule has 0 aromatic heterocycles. The summed E-state index contributed by atoms with van der Waals surface area (Å²) in [5, 5.41) is 11.7. The second-order valence-corrected chi connectivity index (χ2v) is 5.30. The zero-order valence-corrected chi connectivity index (χ0v) is 11.4. The van der Waals surface area contributed by atoms with Crippen molar-refractivity contribution in [2.24, 2.45) is 0 Å². The molecule has 2 N–H and O–H groups in total. The van der Waals surface area contributed by atoms with Crippen LogP contribution >= 0.6 is 0 Å². The van der Waals surface area contributed by atoms with Crippen LogP contribution in [0.4, 0.5) is 23.2 Å². The number of nitrogens with one attached hydrogen (secondary N) is 1. The normalized spacial score (nSPS) is 13.4. The minimum atomic E-state index is -1.53. The summed E-state index contributed by atoms with van der Waals surface area (Å²) in [4.78, 5) is 0. The molecule has 1 rings (SSSR count). The lowest BCUT2D eigenvalue weighted by molar-refractivity contribution is -0.0450. The minimum absolute atomic E-state index is 0.0858. The molecule has 0 aliphatic heterocycles. The number of hydrogen-bond donors (Lipinski definition) is 2. The first-order valence-electron chi connectivity index (χ1n) is 6.00. The SMILES string of the molecule is CC(C)(C)OCC(O)CNc1c(F)c(F)cc(F)c1F. The van der Waals surface area contributed by atoms with Crippen LogP contribution in [-0.4, -0.2) is 30.0 Å². The summed E-state index contributed by atoms with van der Waals surface area (Å²) in [6, 6.07) is 0.120. The summed E-state index contributed by atoms with van der Waals surface area (Å²) in [6.07, 6.45) is -1.08. The largest absolute Gasteiger partial charge is 0.389 e. The fraction of sp³-hybridized carbons (Fsp3) is 0.538. The Bertz CT molecular complexity index is 448. The predicted octanol–water partition coefficient (Wildman–Crippen LogP) is 2.83. The maximum absolute atomic E-state index is 13.3. The van der Waals surface area contributed by atoms with Gasteiger partial charge in [0.25, 0.3) is 0 Å². The predicted molar refractivity (Wildman–Crippen MR) is 66.5 cm³/mol. The Kier molecular flexibility index (Phi) is 5.35. The van der Waals surface area contributed by atoms with Gasteiger partial charge in [-0.15, -0.1) is 0 Å². The summed E-state index contributed by atoms with van der Waals surface area (Å²) < 4.78 is 57.8. The van der Waals surface area contributed by atoms with Crippen LogP contribution < -0.4 is 5.32 Å². The fourth-order valence-corrected chi connectivity index (χ4v) is 1.35. The van der Waals surface area contributed by atoms with Gasteiger partial charge in [-0.05, 0) is 20.8 Å². The van der Waals surface area contributed by atoms with Gasteiger partial charge in [-0.3, -0.25) is 0 Å². The number of anilines is 1. The molecule has 1 unspecified atom stereocenters. The molecule has 7 heteroatoms. The summed E-state index contributed by atoms with van der Waals surface area (Å²) in [5.74, 6) is -6.08. The zero-order valence-electron chi connectivity index (χ0n) is 11.4. The van der Waals surface area contributed by atoms with E-state index in [0.29, 0.717) is 0 Å². The number of aliphatic hydroxyl groups is 1. The Morgan fingerprint density at radius 2 is 1.65 bits per heavy atom. The monoisotopic (exact) mass is 295 g/mol. The summed E-state index contributed by atoms with van der Waals surface area (Å²) in [6.45, 7) is 4.92. The van der Waals surface area contributed by atoms with E-state index in [2.05, 4.69) is 5.32 Å². The van der Waals surface area contributed by atoms with Gasteiger partial charge >= 0.3 is 0 Å². The highest BCUT2D eigenvalue weighted by molar-refractivity contribution is 5.47. The first-order chi connectivity index (χ1) is 9.11. The molecule has 1 atom stereocenters. The third-order valence-corrected chi connectivity index (χ3v) is 2.33. The second-order valence-electron chi connectivity index (χ2n) is 5.30. The van der Waals surface area contributed by atoms with Gasteiger partial charge in [0.15, 0.2) is 23.3 Å². The van der Waals surface area contributed by atoms with E-state index in [-0.39, 0.29) is 19.2 Å². The molecule has 0 fully saturated rings. The average molecular weight is 295 g/mol. The van der Waals surface area contributed by atoms with Crippen LogP contribution in [0.25, 0.3) is 0 Å². The van der Waals surface area contributed by atoms with Crippen molar-refractivity contribution >= 4 is 5.69 Å². The molecule has 114 valence electrons. The molecular formula is C13H17F4NO2. The number of ether oxygens (including phenoxy) is 1. The van der Waals surface area contributed by atoms with E-state index >= 15 is 0 Å². The summed E-state index contributed by atoms with van der Waals surface area (Å²) >= 11 is 0. The number of halogens is 4. The Labute approximate surface area is 114 Å². The number of benzene rings is 1. The molecule has 0 aliphatic carbocycles. The Balaban J connectivity index is 2.66. The molecule has 0 saturated carbocycles. The van der Waals surface area contributed by atoms with Gasteiger partial charge in [0.2, 0.25) is 0 Å². The second kappa shape index (κ2) is 6.41. The van der Waals surface area contributed by atoms with Crippen LogP contribution in [0.5, 0.6) is 0 Å². The third-order valence-electron chi connectivity index (χ3n) is 2.33. The van der Waals surface area contributed by atoms with Crippen LogP contribution in [0, 0.1) is 23.3 Å². The zero-order chi connectivity index (χ0) is 15.5. The highest BCUT2D eigenvalue weighted by Gasteiger charge is 2.20. The van der Waals surface area contributed by atoms with Crippen molar-refractivity contribution in [3.63, 3.8) is 0 Å². The molecule has 20 heavy (non-hydrogen) atoms. The molecule has 0 aliphatic rings. The lowest BCUT2D eigenvalue weighted by Crippen LogP contribution is -2.31. The maximum Gasteiger partial charge on any atom is 0.185 e. The molecule has 0 saturated heterocycles. The highest BCUT2D eigenvalue weighted by Crippen LogP contribution is 2.24. The van der Waals surface area contributed by atoms with Crippen molar-refractivity contribution in [1.82, 2.24) is 0 Å². The molecule has 0 amide bonds. The minimum Gasteiger partial charge on any atom is -0.389 e. The first kappa shape index (κ1) is 16.7. The van der Waals surface area contributed by atoms with Crippen molar-refractivity contribution < 1.29 is 27.4 Å². The lowest BCUT2D eigenvalue weighted by atomic mass is 10.2. The number of hydrogen-bond acceptors (Lipinski definition) is 3. The standard InChI is InChI=1S/C13H17F4NO2/c1-13(2,3)20-6-7(19)5-18-12-10(16)8(14)4-9(15)11(12)17/h4,7,18-19H,5-6H2,1-3H3. The van der Waals surface area contributed by atoms with Gasteiger partial charge in [-0.2, -0.15) is 0 Å². The Morgan fingerprint density at radius 1 is 1.15 bits per heavy atom. The van der Waals surface area contributed by atoms with Crippen LogP contribution in [0.1, 0.15) is 20.8 Å². The fourth-order valence-electron chi connectivity index (χ4n) is 1.35. The molecule has 0 radical (unpaired) electrons. The van der Waals surface area contributed by atoms with Crippen molar-refractivity contribution in [2.45, 2.75) is 32.5 Å². The maximum atomic E-state index is 13.3. The van der Waals surface area contributed by atoms with Crippen LogP contribution in [0.3, 0.4) is 0 Å². The molecule has 1 aromatic rings. The molecule has 3 nitrogen and oxygen atoms in total. The van der Waals surface area contributed by atoms with Gasteiger partial charge in [-0.1, -0.05) is 0 Å². The van der Waals surface area contributed by atoms with Crippen molar-refractivity contribution in [3.05, 3.63) is 29.3 Å². The van der Waals surface area contributed by atoms with Crippen molar-refractivity contribution in [3.8, 4) is 0 Å². The molecule has 1 aromatic carbocycles. The number of rotatable bonds is 5. The van der Waals surface area contributed by atoms with Crippen LogP contribution in [0.2, 0.25) is 0 Å². The van der Waals surface area contributed by atoms with Gasteiger partial charge in [0, 0.05) is 12.6 Å². The Morgan fingerprint density at radius 3 is 2.10 bits per heavy atom. The van der Waals surface area contributed by atoms with Crippen molar-refractivity contribution in [1.29, 1.82) is 0 Å². The highest BCUT2D eigenvalue weighted by atomic mass is 19.2. The van der Waals surface area contributed by atoms with Crippen LogP contribution in [0.15, 0.2) is 6.07 Å². The van der Waals surface area contributed by atoms with E-state index < -0.39 is 40.7 Å². The van der Waals surface area contributed by atoms with Gasteiger partial charge in [-0.25, -0.2) is 17.6 Å². The molecule has 0 heterocycles. The first-order valence-corrected chi connectivity index (χ1v) is 6.00. The average Bonchev–Trinajstić information content (AvgIpc) is 2.33.